The first kappa shape index (κ1) is 22.7. The van der Waals surface area contributed by atoms with Gasteiger partial charge in [0.25, 0.3) is 0 Å². The lowest BCUT2D eigenvalue weighted by Gasteiger charge is -2.38. The third kappa shape index (κ3) is 5.81. The summed E-state index contributed by atoms with van der Waals surface area (Å²) in [7, 11) is 1.62. The highest BCUT2D eigenvalue weighted by molar-refractivity contribution is 5.83. The van der Waals surface area contributed by atoms with E-state index in [2.05, 4.69) is 5.32 Å². The summed E-state index contributed by atoms with van der Waals surface area (Å²) in [5.41, 5.74) is 0.691. The summed E-state index contributed by atoms with van der Waals surface area (Å²) in [5.74, 6) is -0.648. The van der Waals surface area contributed by atoms with Gasteiger partial charge in [0, 0.05) is 43.1 Å². The Morgan fingerprint density at radius 1 is 1.10 bits per heavy atom. The van der Waals surface area contributed by atoms with Crippen molar-refractivity contribution in [3.8, 4) is 5.75 Å². The minimum Gasteiger partial charge on any atom is -0.497 e. The number of hydrogen-bond acceptors (Lipinski definition) is 3. The van der Waals surface area contributed by atoms with E-state index in [1.165, 1.54) is 12.1 Å². The van der Waals surface area contributed by atoms with Gasteiger partial charge in [-0.1, -0.05) is 25.1 Å². The van der Waals surface area contributed by atoms with Crippen LogP contribution in [0.2, 0.25) is 0 Å². The van der Waals surface area contributed by atoms with Gasteiger partial charge in [0.15, 0.2) is 0 Å². The SMILES string of the molecule is COc1ccc(CCC(=O)N2CCC(C)(C(=O)NCc3ccc(F)cc3F)CC2)cc1. The number of piperidine rings is 1. The molecule has 1 saturated heterocycles. The minimum atomic E-state index is -0.678. The van der Waals surface area contributed by atoms with Crippen LogP contribution in [0, 0.1) is 17.0 Å². The summed E-state index contributed by atoms with van der Waals surface area (Å²) >= 11 is 0. The Labute approximate surface area is 181 Å². The Kier molecular flexibility index (Phi) is 7.25. The van der Waals surface area contributed by atoms with E-state index < -0.39 is 17.0 Å². The molecule has 7 heteroatoms. The highest BCUT2D eigenvalue weighted by Crippen LogP contribution is 2.31. The van der Waals surface area contributed by atoms with E-state index in [-0.39, 0.29) is 23.9 Å². The number of nitrogens with one attached hydrogen (secondary N) is 1. The Morgan fingerprint density at radius 3 is 2.39 bits per heavy atom. The third-order valence-electron chi connectivity index (χ3n) is 6.01. The zero-order chi connectivity index (χ0) is 22.4. The molecule has 0 spiro atoms. The Morgan fingerprint density at radius 2 is 1.77 bits per heavy atom. The van der Waals surface area contributed by atoms with E-state index in [0.717, 1.165) is 17.4 Å². The number of carbonyl (C=O) groups excluding carboxylic acids is 2. The van der Waals surface area contributed by atoms with Gasteiger partial charge in [-0.25, -0.2) is 8.78 Å². The zero-order valence-electron chi connectivity index (χ0n) is 17.9. The summed E-state index contributed by atoms with van der Waals surface area (Å²) in [6, 6.07) is 11.0. The van der Waals surface area contributed by atoms with Gasteiger partial charge >= 0.3 is 0 Å². The number of methoxy groups -OCH3 is 1. The number of benzene rings is 2. The summed E-state index contributed by atoms with van der Waals surface area (Å²) < 4.78 is 31.9. The largest absolute Gasteiger partial charge is 0.497 e. The molecule has 0 saturated carbocycles. The van der Waals surface area contributed by atoms with Crippen LogP contribution in [0.1, 0.15) is 37.3 Å². The van der Waals surface area contributed by atoms with Crippen LogP contribution in [0.15, 0.2) is 42.5 Å². The molecule has 5 nitrogen and oxygen atoms in total. The molecular formula is C24H28F2N2O3. The standard InChI is InChI=1S/C24H28F2N2O3/c1-24(23(30)27-16-18-6-7-19(25)15-21(18)26)11-13-28(14-12-24)22(29)10-5-17-3-8-20(31-2)9-4-17/h3-4,6-9,15H,5,10-14,16H2,1-2H3,(H,27,30). The second-order valence-electron chi connectivity index (χ2n) is 8.21. The van der Waals surface area contributed by atoms with Gasteiger partial charge in [-0.15, -0.1) is 0 Å². The van der Waals surface area contributed by atoms with Crippen molar-refractivity contribution in [3.05, 3.63) is 65.2 Å². The van der Waals surface area contributed by atoms with Gasteiger partial charge < -0.3 is 15.0 Å². The van der Waals surface area contributed by atoms with E-state index >= 15 is 0 Å². The number of ether oxygens (including phenoxy) is 1. The monoisotopic (exact) mass is 430 g/mol. The second-order valence-corrected chi connectivity index (χ2v) is 8.21. The molecule has 1 aliphatic heterocycles. The second kappa shape index (κ2) is 9.90. The fourth-order valence-corrected chi connectivity index (χ4v) is 3.73. The number of aryl methyl sites for hydroxylation is 1. The average molecular weight is 430 g/mol. The van der Waals surface area contributed by atoms with Crippen molar-refractivity contribution >= 4 is 11.8 Å². The molecule has 3 rings (SSSR count). The molecule has 0 aromatic heterocycles. The summed E-state index contributed by atoms with van der Waals surface area (Å²) in [5, 5.41) is 2.75. The topological polar surface area (TPSA) is 58.6 Å². The van der Waals surface area contributed by atoms with Gasteiger partial charge in [-0.2, -0.15) is 0 Å². The molecule has 2 amide bonds. The lowest BCUT2D eigenvalue weighted by molar-refractivity contribution is -0.139. The maximum absolute atomic E-state index is 13.8. The number of carbonyl (C=O) groups is 2. The predicted molar refractivity (Wildman–Crippen MR) is 113 cm³/mol. The number of nitrogens with zero attached hydrogens (tertiary/aromatic N) is 1. The Bertz CT molecular complexity index is 923. The van der Waals surface area contributed by atoms with Gasteiger partial charge in [-0.3, -0.25) is 9.59 Å². The normalized spacial score (nSPS) is 15.4. The fraction of sp³-hybridized carbons (Fsp3) is 0.417. The molecule has 166 valence electrons. The molecule has 1 fully saturated rings. The van der Waals surface area contributed by atoms with Crippen LogP contribution in [-0.4, -0.2) is 36.9 Å². The first-order chi connectivity index (χ1) is 14.8. The van der Waals surface area contributed by atoms with Crippen molar-refractivity contribution in [3.63, 3.8) is 0 Å². The quantitative estimate of drug-likeness (QED) is 0.726. The molecule has 2 aromatic carbocycles. The zero-order valence-corrected chi connectivity index (χ0v) is 17.9. The minimum absolute atomic E-state index is 0.00500. The average Bonchev–Trinajstić information content (AvgIpc) is 2.77. The highest BCUT2D eigenvalue weighted by atomic mass is 19.1. The van der Waals surface area contributed by atoms with Gasteiger partial charge in [-0.05, 0) is 43.0 Å². The first-order valence-electron chi connectivity index (χ1n) is 10.4. The van der Waals surface area contributed by atoms with E-state index in [9.17, 15) is 18.4 Å². The van der Waals surface area contributed by atoms with E-state index in [1.54, 1.807) is 12.0 Å². The molecule has 31 heavy (non-hydrogen) atoms. The van der Waals surface area contributed by atoms with E-state index in [0.29, 0.717) is 38.8 Å². The van der Waals surface area contributed by atoms with Crippen LogP contribution in [-0.2, 0) is 22.6 Å². The lowest BCUT2D eigenvalue weighted by Crippen LogP contribution is -2.48. The van der Waals surface area contributed by atoms with Crippen molar-refractivity contribution in [1.82, 2.24) is 10.2 Å². The molecule has 2 aromatic rings. The molecule has 0 aliphatic carbocycles. The van der Waals surface area contributed by atoms with E-state index in [1.807, 2.05) is 31.2 Å². The van der Waals surface area contributed by atoms with Crippen LogP contribution in [0.5, 0.6) is 5.75 Å². The third-order valence-corrected chi connectivity index (χ3v) is 6.01. The van der Waals surface area contributed by atoms with E-state index in [4.69, 9.17) is 4.74 Å². The van der Waals surface area contributed by atoms with Gasteiger partial charge in [0.2, 0.25) is 11.8 Å². The summed E-state index contributed by atoms with van der Waals surface area (Å²) in [4.78, 5) is 27.1. The number of rotatable bonds is 7. The molecule has 1 heterocycles. The molecule has 0 radical (unpaired) electrons. The smallest absolute Gasteiger partial charge is 0.226 e. The first-order valence-corrected chi connectivity index (χ1v) is 10.4. The molecular weight excluding hydrogens is 402 g/mol. The van der Waals surface area contributed by atoms with Crippen LogP contribution >= 0.6 is 0 Å². The van der Waals surface area contributed by atoms with Crippen molar-refractivity contribution in [2.24, 2.45) is 5.41 Å². The lowest BCUT2D eigenvalue weighted by atomic mass is 9.79. The van der Waals surface area contributed by atoms with Crippen LogP contribution in [0.3, 0.4) is 0 Å². The van der Waals surface area contributed by atoms with Crippen molar-refractivity contribution < 1.29 is 23.1 Å². The van der Waals surface area contributed by atoms with Crippen LogP contribution in [0.4, 0.5) is 8.78 Å². The molecule has 1 N–H and O–H groups in total. The fourth-order valence-electron chi connectivity index (χ4n) is 3.73. The van der Waals surface area contributed by atoms with Crippen molar-refractivity contribution in [2.75, 3.05) is 20.2 Å². The molecule has 0 atom stereocenters. The van der Waals surface area contributed by atoms with Crippen molar-refractivity contribution in [1.29, 1.82) is 0 Å². The van der Waals surface area contributed by atoms with Gasteiger partial charge in [0.1, 0.15) is 17.4 Å². The number of likely N-dealkylation sites (tertiary alicyclic amines) is 1. The van der Waals surface area contributed by atoms with Crippen LogP contribution < -0.4 is 10.1 Å². The Balaban J connectivity index is 1.46. The summed E-state index contributed by atoms with van der Waals surface area (Å²) in [6.07, 6.45) is 2.15. The number of hydrogen-bond donors (Lipinski definition) is 1. The maximum Gasteiger partial charge on any atom is 0.226 e. The molecule has 0 bridgehead atoms. The van der Waals surface area contributed by atoms with Gasteiger partial charge in [0.05, 0.1) is 7.11 Å². The highest BCUT2D eigenvalue weighted by Gasteiger charge is 2.37. The van der Waals surface area contributed by atoms with Crippen molar-refractivity contribution in [2.45, 2.75) is 39.2 Å². The van der Waals surface area contributed by atoms with Crippen LogP contribution in [0.25, 0.3) is 0 Å². The predicted octanol–water partition coefficient (Wildman–Crippen LogP) is 3.85. The molecule has 1 aliphatic rings. The Hall–Kier alpha value is -2.96. The molecule has 0 unspecified atom stereocenters. The maximum atomic E-state index is 13.8. The number of halogens is 2. The number of amides is 2. The summed E-state index contributed by atoms with van der Waals surface area (Å²) in [6.45, 7) is 2.89.